The zero-order chi connectivity index (χ0) is 27.3. The maximum Gasteiger partial charge on any atom is 0.297 e. The Balaban J connectivity index is 1.50. The first-order chi connectivity index (χ1) is 18.9. The number of hydrogen-bond acceptors (Lipinski definition) is 7. The fraction of sp³-hybridized carbons (Fsp3) is 0.194. The monoisotopic (exact) mass is 538 g/mol. The predicted octanol–water partition coefficient (Wildman–Crippen LogP) is 6.51. The molecule has 1 aliphatic rings. The zero-order valence-corrected chi connectivity index (χ0v) is 22.8. The van der Waals surface area contributed by atoms with Gasteiger partial charge in [-0.1, -0.05) is 48.0 Å². The van der Waals surface area contributed by atoms with Crippen molar-refractivity contribution >= 4 is 33.3 Å². The highest BCUT2D eigenvalue weighted by Crippen LogP contribution is 2.44. The smallest absolute Gasteiger partial charge is 0.297 e. The summed E-state index contributed by atoms with van der Waals surface area (Å²) in [6.07, 6.45) is 0. The summed E-state index contributed by atoms with van der Waals surface area (Å²) < 4.78 is 17.8. The van der Waals surface area contributed by atoms with Crippen molar-refractivity contribution in [2.24, 2.45) is 0 Å². The SMILES string of the molecule is COc1cc([C@@H]2c3c(oc4ccc(C)cc4c3=O)C(=O)N2c2nc(C)c(C)s2)ccc1OCc1ccccc1. The van der Waals surface area contributed by atoms with E-state index in [0.717, 1.165) is 21.7 Å². The van der Waals surface area contributed by atoms with Gasteiger partial charge in [0.1, 0.15) is 12.2 Å². The molecule has 196 valence electrons. The van der Waals surface area contributed by atoms with E-state index >= 15 is 0 Å². The summed E-state index contributed by atoms with van der Waals surface area (Å²) in [6, 6.07) is 20.0. The van der Waals surface area contributed by atoms with Crippen molar-refractivity contribution in [2.75, 3.05) is 12.0 Å². The second-order valence-electron chi connectivity index (χ2n) is 9.57. The van der Waals surface area contributed by atoms with Gasteiger partial charge in [-0.15, -0.1) is 11.3 Å². The third-order valence-electron chi connectivity index (χ3n) is 6.99. The molecule has 0 fully saturated rings. The van der Waals surface area contributed by atoms with Crippen molar-refractivity contribution in [2.45, 2.75) is 33.4 Å². The molecule has 0 saturated carbocycles. The number of nitrogens with zero attached hydrogens (tertiary/aromatic N) is 2. The number of rotatable bonds is 6. The molecule has 0 unspecified atom stereocenters. The predicted molar refractivity (Wildman–Crippen MR) is 151 cm³/mol. The van der Waals surface area contributed by atoms with Crippen LogP contribution in [-0.4, -0.2) is 18.0 Å². The first-order valence-corrected chi connectivity index (χ1v) is 13.4. The van der Waals surface area contributed by atoms with Crippen molar-refractivity contribution in [1.82, 2.24) is 4.98 Å². The van der Waals surface area contributed by atoms with Crippen LogP contribution in [-0.2, 0) is 6.61 Å². The molecule has 6 rings (SSSR count). The molecular formula is C31H26N2O5S. The lowest BCUT2D eigenvalue weighted by molar-refractivity contribution is 0.0971. The molecule has 3 aromatic carbocycles. The van der Waals surface area contributed by atoms with Crippen molar-refractivity contribution in [3.05, 3.63) is 116 Å². The average molecular weight is 539 g/mol. The third kappa shape index (κ3) is 4.27. The van der Waals surface area contributed by atoms with Gasteiger partial charge >= 0.3 is 0 Å². The number of benzene rings is 3. The molecule has 0 N–H and O–H groups in total. The Morgan fingerprint density at radius 2 is 1.77 bits per heavy atom. The number of anilines is 1. The topological polar surface area (TPSA) is 81.9 Å². The summed E-state index contributed by atoms with van der Waals surface area (Å²) in [5.41, 5.74) is 3.93. The van der Waals surface area contributed by atoms with Gasteiger partial charge in [0, 0.05) is 4.88 Å². The Morgan fingerprint density at radius 3 is 2.49 bits per heavy atom. The molecule has 0 spiro atoms. The van der Waals surface area contributed by atoms with Crippen LogP contribution in [0.3, 0.4) is 0 Å². The Kier molecular flexibility index (Phi) is 6.19. The van der Waals surface area contributed by atoms with Crippen molar-refractivity contribution in [1.29, 1.82) is 0 Å². The summed E-state index contributed by atoms with van der Waals surface area (Å²) in [4.78, 5) is 35.0. The van der Waals surface area contributed by atoms with Gasteiger partial charge < -0.3 is 13.9 Å². The number of carbonyl (C=O) groups is 1. The van der Waals surface area contributed by atoms with E-state index in [0.29, 0.717) is 45.3 Å². The van der Waals surface area contributed by atoms with E-state index in [1.54, 1.807) is 24.1 Å². The second kappa shape index (κ2) is 9.71. The molecule has 3 heterocycles. The van der Waals surface area contributed by atoms with Crippen molar-refractivity contribution < 1.29 is 18.7 Å². The molecule has 1 aliphatic heterocycles. The van der Waals surface area contributed by atoms with Gasteiger partial charge in [-0.05, 0) is 56.2 Å². The molecule has 0 aliphatic carbocycles. The summed E-state index contributed by atoms with van der Waals surface area (Å²) in [6.45, 7) is 6.16. The average Bonchev–Trinajstić information content (AvgIpc) is 3.43. The molecule has 0 bridgehead atoms. The fourth-order valence-electron chi connectivity index (χ4n) is 4.87. The largest absolute Gasteiger partial charge is 0.493 e. The highest BCUT2D eigenvalue weighted by atomic mass is 32.1. The lowest BCUT2D eigenvalue weighted by Gasteiger charge is -2.23. The molecule has 8 heteroatoms. The maximum absolute atomic E-state index is 13.9. The molecule has 2 aromatic heterocycles. The highest BCUT2D eigenvalue weighted by molar-refractivity contribution is 7.15. The normalized spacial score (nSPS) is 14.6. The van der Waals surface area contributed by atoms with E-state index in [1.165, 1.54) is 11.3 Å². The van der Waals surface area contributed by atoms with Crippen molar-refractivity contribution in [3.8, 4) is 11.5 Å². The van der Waals surface area contributed by atoms with Crippen LogP contribution in [0.5, 0.6) is 11.5 Å². The lowest BCUT2D eigenvalue weighted by Crippen LogP contribution is -2.29. The summed E-state index contributed by atoms with van der Waals surface area (Å²) in [7, 11) is 1.57. The van der Waals surface area contributed by atoms with E-state index in [1.807, 2.05) is 75.4 Å². The second-order valence-corrected chi connectivity index (χ2v) is 10.8. The van der Waals surface area contributed by atoms with Crippen LogP contribution in [0, 0.1) is 20.8 Å². The van der Waals surface area contributed by atoms with E-state index in [9.17, 15) is 9.59 Å². The van der Waals surface area contributed by atoms with Crippen LogP contribution in [0.15, 0.2) is 75.9 Å². The van der Waals surface area contributed by atoms with Crippen LogP contribution in [0.25, 0.3) is 11.0 Å². The van der Waals surface area contributed by atoms with E-state index in [4.69, 9.17) is 13.9 Å². The molecule has 5 aromatic rings. The van der Waals surface area contributed by atoms with Gasteiger partial charge in [0.15, 0.2) is 22.1 Å². The van der Waals surface area contributed by atoms with Crippen LogP contribution in [0.1, 0.15) is 49.4 Å². The standard InChI is InChI=1S/C31H26N2O5S/c1-17-10-12-23-22(14-17)28(34)26-27(33(30(35)29(26)38-23)31-32-18(2)19(3)39-31)21-11-13-24(25(15-21)36-4)37-16-20-8-6-5-7-9-20/h5-15,27H,16H2,1-4H3/t27-/m1/s1. The first-order valence-electron chi connectivity index (χ1n) is 12.6. The van der Waals surface area contributed by atoms with Crippen LogP contribution < -0.4 is 19.8 Å². The fourth-order valence-corrected chi connectivity index (χ4v) is 5.80. The number of amides is 1. The number of ether oxygens (including phenoxy) is 2. The minimum Gasteiger partial charge on any atom is -0.493 e. The molecule has 1 atom stereocenters. The van der Waals surface area contributed by atoms with E-state index in [-0.39, 0.29) is 11.2 Å². The third-order valence-corrected chi connectivity index (χ3v) is 8.06. The number of fused-ring (bicyclic) bond motifs is 2. The minimum atomic E-state index is -0.740. The zero-order valence-electron chi connectivity index (χ0n) is 22.0. The Labute approximate surface area is 229 Å². The summed E-state index contributed by atoms with van der Waals surface area (Å²) in [5.74, 6) is 0.696. The van der Waals surface area contributed by atoms with Gasteiger partial charge in [0.05, 0.1) is 29.8 Å². The number of methoxy groups -OCH3 is 1. The van der Waals surface area contributed by atoms with Gasteiger partial charge in [-0.3, -0.25) is 14.5 Å². The van der Waals surface area contributed by atoms with Gasteiger partial charge in [-0.25, -0.2) is 4.98 Å². The number of hydrogen-bond donors (Lipinski definition) is 0. The molecule has 7 nitrogen and oxygen atoms in total. The quantitative estimate of drug-likeness (QED) is 0.245. The number of thiazole rings is 1. The summed E-state index contributed by atoms with van der Waals surface area (Å²) >= 11 is 1.41. The van der Waals surface area contributed by atoms with Gasteiger partial charge in [0.25, 0.3) is 5.91 Å². The number of aryl methyl sites for hydroxylation is 3. The van der Waals surface area contributed by atoms with E-state index < -0.39 is 11.9 Å². The lowest BCUT2D eigenvalue weighted by atomic mass is 9.98. The molecule has 1 amide bonds. The Hall–Kier alpha value is -4.43. The Bertz CT molecular complexity index is 1770. The Morgan fingerprint density at radius 1 is 0.974 bits per heavy atom. The highest BCUT2D eigenvalue weighted by Gasteiger charge is 2.45. The maximum atomic E-state index is 13.9. The number of carbonyl (C=O) groups excluding carboxylic acids is 1. The molecule has 0 radical (unpaired) electrons. The molecule has 0 saturated heterocycles. The summed E-state index contributed by atoms with van der Waals surface area (Å²) in [5, 5.41) is 0.948. The van der Waals surface area contributed by atoms with Crippen LogP contribution in [0.2, 0.25) is 0 Å². The molecular weight excluding hydrogens is 512 g/mol. The van der Waals surface area contributed by atoms with Gasteiger partial charge in [-0.2, -0.15) is 0 Å². The van der Waals surface area contributed by atoms with Crippen molar-refractivity contribution in [3.63, 3.8) is 0 Å². The first kappa shape index (κ1) is 24.9. The van der Waals surface area contributed by atoms with Gasteiger partial charge in [0.2, 0.25) is 5.76 Å². The van der Waals surface area contributed by atoms with E-state index in [2.05, 4.69) is 4.98 Å². The molecule has 39 heavy (non-hydrogen) atoms. The van der Waals surface area contributed by atoms with Crippen LogP contribution >= 0.6 is 11.3 Å². The number of aromatic nitrogens is 1. The van der Waals surface area contributed by atoms with Crippen LogP contribution in [0.4, 0.5) is 5.13 Å². The minimum absolute atomic E-state index is 0.0373.